The molecule has 118 valence electrons. The Kier molecular flexibility index (Phi) is 5.13. The molecule has 0 radical (unpaired) electrons. The van der Waals surface area contributed by atoms with Gasteiger partial charge >= 0.3 is 11.9 Å². The number of esters is 1. The molecule has 0 atom stereocenters. The minimum absolute atomic E-state index is 0.0446. The van der Waals surface area contributed by atoms with Crippen molar-refractivity contribution in [1.82, 2.24) is 0 Å². The second-order valence-corrected chi connectivity index (χ2v) is 5.44. The minimum Gasteiger partial charge on any atom is -0.478 e. The van der Waals surface area contributed by atoms with Gasteiger partial charge in [-0.1, -0.05) is 22.0 Å². The van der Waals surface area contributed by atoms with E-state index < -0.39 is 17.8 Å². The summed E-state index contributed by atoms with van der Waals surface area (Å²) in [5.74, 6) is -2.25. The molecule has 2 N–H and O–H groups in total. The second-order valence-electron chi connectivity index (χ2n) is 4.52. The Morgan fingerprint density at radius 3 is 2.43 bits per heavy atom. The van der Waals surface area contributed by atoms with E-state index in [1.54, 1.807) is 12.1 Å². The molecule has 0 fully saturated rings. The van der Waals surface area contributed by atoms with Gasteiger partial charge in [0.2, 0.25) is 0 Å². The van der Waals surface area contributed by atoms with Gasteiger partial charge in [-0.15, -0.1) is 0 Å². The molecule has 2 aromatic carbocycles. The number of ether oxygens (including phenoxy) is 1. The van der Waals surface area contributed by atoms with Gasteiger partial charge in [0.15, 0.2) is 0 Å². The van der Waals surface area contributed by atoms with Gasteiger partial charge in [0.25, 0.3) is 5.91 Å². The highest BCUT2D eigenvalue weighted by Gasteiger charge is 2.15. The van der Waals surface area contributed by atoms with E-state index >= 15 is 0 Å². The molecule has 0 aromatic heterocycles. The molecule has 2 aromatic rings. The zero-order valence-electron chi connectivity index (χ0n) is 12.0. The van der Waals surface area contributed by atoms with Crippen molar-refractivity contribution in [3.05, 3.63) is 63.6 Å². The molecular weight excluding hydrogens is 366 g/mol. The summed E-state index contributed by atoms with van der Waals surface area (Å²) in [6, 6.07) is 10.4. The van der Waals surface area contributed by atoms with Crippen molar-refractivity contribution in [2.75, 3.05) is 12.4 Å². The van der Waals surface area contributed by atoms with Crippen LogP contribution in [0.1, 0.15) is 31.1 Å². The Morgan fingerprint density at radius 2 is 1.78 bits per heavy atom. The Morgan fingerprint density at radius 1 is 1.09 bits per heavy atom. The standard InChI is InChI=1S/C16H12BrNO5/c1-23-16(22)10-4-2-3-9(7-10)14(19)18-13-6-5-11(17)8-12(13)15(20)21/h2-8H,1H3,(H,18,19)(H,20,21). The summed E-state index contributed by atoms with van der Waals surface area (Å²) in [5.41, 5.74) is 0.563. The molecule has 0 saturated carbocycles. The number of halogens is 1. The van der Waals surface area contributed by atoms with Crippen LogP contribution in [0.25, 0.3) is 0 Å². The lowest BCUT2D eigenvalue weighted by Gasteiger charge is -2.09. The van der Waals surface area contributed by atoms with Crippen molar-refractivity contribution in [3.63, 3.8) is 0 Å². The lowest BCUT2D eigenvalue weighted by Crippen LogP contribution is -2.15. The number of carboxylic acids is 1. The molecule has 6 nitrogen and oxygen atoms in total. The summed E-state index contributed by atoms with van der Waals surface area (Å²) in [6.07, 6.45) is 0. The summed E-state index contributed by atoms with van der Waals surface area (Å²) >= 11 is 3.18. The smallest absolute Gasteiger partial charge is 0.337 e. The van der Waals surface area contributed by atoms with Crippen molar-refractivity contribution < 1.29 is 24.2 Å². The zero-order chi connectivity index (χ0) is 17.0. The Balaban J connectivity index is 2.30. The minimum atomic E-state index is -1.16. The number of carbonyl (C=O) groups excluding carboxylic acids is 2. The average molecular weight is 378 g/mol. The maximum atomic E-state index is 12.3. The molecule has 0 heterocycles. The van der Waals surface area contributed by atoms with Gasteiger partial charge in [-0.3, -0.25) is 4.79 Å². The van der Waals surface area contributed by atoms with Crippen LogP contribution >= 0.6 is 15.9 Å². The van der Waals surface area contributed by atoms with Crippen LogP contribution in [0.3, 0.4) is 0 Å². The van der Waals surface area contributed by atoms with Crippen LogP contribution in [0.2, 0.25) is 0 Å². The van der Waals surface area contributed by atoms with E-state index in [1.807, 2.05) is 0 Å². The molecule has 0 aliphatic rings. The molecule has 0 bridgehead atoms. The first-order valence-electron chi connectivity index (χ1n) is 6.45. The summed E-state index contributed by atoms with van der Waals surface area (Å²) in [5, 5.41) is 11.7. The SMILES string of the molecule is COC(=O)c1cccc(C(=O)Nc2ccc(Br)cc2C(=O)O)c1. The summed E-state index contributed by atoms with van der Waals surface area (Å²) in [6.45, 7) is 0. The highest BCUT2D eigenvalue weighted by Crippen LogP contribution is 2.22. The number of anilines is 1. The largest absolute Gasteiger partial charge is 0.478 e. The highest BCUT2D eigenvalue weighted by molar-refractivity contribution is 9.10. The maximum Gasteiger partial charge on any atom is 0.337 e. The molecule has 1 amide bonds. The number of nitrogens with one attached hydrogen (secondary N) is 1. The van der Waals surface area contributed by atoms with Crippen LogP contribution in [0.5, 0.6) is 0 Å². The van der Waals surface area contributed by atoms with Crippen molar-refractivity contribution in [2.24, 2.45) is 0 Å². The summed E-state index contributed by atoms with van der Waals surface area (Å²) in [4.78, 5) is 35.0. The first-order chi connectivity index (χ1) is 10.9. The number of methoxy groups -OCH3 is 1. The summed E-state index contributed by atoms with van der Waals surface area (Å²) < 4.78 is 5.18. The van der Waals surface area contributed by atoms with E-state index in [2.05, 4.69) is 26.0 Å². The molecule has 0 unspecified atom stereocenters. The number of hydrogen-bond acceptors (Lipinski definition) is 4. The third-order valence-electron chi connectivity index (χ3n) is 3.01. The normalized spacial score (nSPS) is 10.0. The summed E-state index contributed by atoms with van der Waals surface area (Å²) in [7, 11) is 1.25. The Bertz CT molecular complexity index is 788. The van der Waals surface area contributed by atoms with Gasteiger partial charge in [-0.25, -0.2) is 9.59 Å². The topological polar surface area (TPSA) is 92.7 Å². The number of aromatic carboxylic acids is 1. The van der Waals surface area contributed by atoms with Crippen LogP contribution in [-0.4, -0.2) is 30.1 Å². The van der Waals surface area contributed by atoms with Crippen LogP contribution < -0.4 is 5.32 Å². The number of amides is 1. The lowest BCUT2D eigenvalue weighted by atomic mass is 10.1. The first kappa shape index (κ1) is 16.7. The van der Waals surface area contributed by atoms with Crippen molar-refractivity contribution >= 4 is 39.5 Å². The van der Waals surface area contributed by atoms with Crippen LogP contribution in [0.4, 0.5) is 5.69 Å². The molecule has 23 heavy (non-hydrogen) atoms. The molecule has 2 rings (SSSR count). The first-order valence-corrected chi connectivity index (χ1v) is 7.24. The van der Waals surface area contributed by atoms with Gasteiger partial charge in [-0.05, 0) is 36.4 Å². The molecular formula is C16H12BrNO5. The number of carbonyl (C=O) groups is 3. The van der Waals surface area contributed by atoms with Crippen LogP contribution in [0.15, 0.2) is 46.9 Å². The predicted octanol–water partition coefficient (Wildman–Crippen LogP) is 3.19. The van der Waals surface area contributed by atoms with Gasteiger partial charge in [0.05, 0.1) is 23.9 Å². The number of rotatable bonds is 4. The molecule has 0 spiro atoms. The fourth-order valence-electron chi connectivity index (χ4n) is 1.90. The monoisotopic (exact) mass is 377 g/mol. The van der Waals surface area contributed by atoms with Gasteiger partial charge in [0, 0.05) is 10.0 Å². The average Bonchev–Trinajstić information content (AvgIpc) is 2.55. The van der Waals surface area contributed by atoms with Crippen molar-refractivity contribution in [3.8, 4) is 0 Å². The maximum absolute atomic E-state index is 12.3. The van der Waals surface area contributed by atoms with E-state index in [9.17, 15) is 19.5 Å². The fraction of sp³-hybridized carbons (Fsp3) is 0.0625. The van der Waals surface area contributed by atoms with E-state index in [0.29, 0.717) is 4.47 Å². The van der Waals surface area contributed by atoms with E-state index in [4.69, 9.17) is 0 Å². The van der Waals surface area contributed by atoms with Crippen LogP contribution in [-0.2, 0) is 4.74 Å². The number of hydrogen-bond donors (Lipinski definition) is 2. The third-order valence-corrected chi connectivity index (χ3v) is 3.50. The van der Waals surface area contributed by atoms with Crippen molar-refractivity contribution in [2.45, 2.75) is 0 Å². The molecule has 0 aliphatic carbocycles. The highest BCUT2D eigenvalue weighted by atomic mass is 79.9. The van der Waals surface area contributed by atoms with Gasteiger partial charge in [0.1, 0.15) is 0 Å². The number of benzene rings is 2. The van der Waals surface area contributed by atoms with E-state index in [-0.39, 0.29) is 22.4 Å². The fourth-order valence-corrected chi connectivity index (χ4v) is 2.26. The van der Waals surface area contributed by atoms with E-state index in [0.717, 1.165) is 0 Å². The quantitative estimate of drug-likeness (QED) is 0.798. The second kappa shape index (κ2) is 7.06. The van der Waals surface area contributed by atoms with Gasteiger partial charge in [-0.2, -0.15) is 0 Å². The molecule has 0 aliphatic heterocycles. The Hall–Kier alpha value is -2.67. The van der Waals surface area contributed by atoms with Crippen molar-refractivity contribution in [1.29, 1.82) is 0 Å². The molecule has 0 saturated heterocycles. The molecule has 7 heteroatoms. The predicted molar refractivity (Wildman–Crippen MR) is 86.8 cm³/mol. The zero-order valence-corrected chi connectivity index (χ0v) is 13.6. The van der Waals surface area contributed by atoms with E-state index in [1.165, 1.54) is 37.4 Å². The third kappa shape index (κ3) is 3.95. The van der Waals surface area contributed by atoms with Crippen LogP contribution in [0, 0.1) is 0 Å². The van der Waals surface area contributed by atoms with Gasteiger partial charge < -0.3 is 15.2 Å². The number of carboxylic acid groups (broad SMARTS) is 1. The Labute approximate surface area is 140 Å². The lowest BCUT2D eigenvalue weighted by molar-refractivity contribution is 0.0599.